The molecule has 1 aliphatic heterocycles. The Kier molecular flexibility index (Phi) is 6.19. The third kappa shape index (κ3) is 5.59. The number of thiophene rings is 1. The lowest BCUT2D eigenvalue weighted by Crippen LogP contribution is -2.33. The average molecular weight is 443 g/mol. The molecule has 0 unspecified atom stereocenters. The van der Waals surface area contributed by atoms with Crippen LogP contribution in [0.3, 0.4) is 0 Å². The summed E-state index contributed by atoms with van der Waals surface area (Å²) >= 11 is 1.62. The minimum atomic E-state index is -0.519. The highest BCUT2D eigenvalue weighted by molar-refractivity contribution is 7.08. The lowest BCUT2D eigenvalue weighted by molar-refractivity contribution is 0.0528. The smallest absolute Gasteiger partial charge is 0.407 e. The number of aromatic nitrogens is 4. The van der Waals surface area contributed by atoms with Crippen molar-refractivity contribution >= 4 is 28.9 Å². The first-order chi connectivity index (χ1) is 14.9. The molecule has 0 aliphatic carbocycles. The van der Waals surface area contributed by atoms with E-state index in [-0.39, 0.29) is 0 Å². The van der Waals surface area contributed by atoms with Gasteiger partial charge in [-0.2, -0.15) is 16.3 Å². The number of carbonyl (C=O) groups is 1. The number of alkyl carbamates (subject to hydrolysis) is 1. The van der Waals surface area contributed by atoms with Crippen LogP contribution in [0.1, 0.15) is 37.7 Å². The quantitative estimate of drug-likeness (QED) is 0.601. The van der Waals surface area contributed by atoms with Crippen LogP contribution in [0.5, 0.6) is 0 Å². The van der Waals surface area contributed by atoms with Crippen LogP contribution in [-0.4, -0.2) is 44.4 Å². The molecule has 31 heavy (non-hydrogen) atoms. The number of anilines is 2. The van der Waals surface area contributed by atoms with Gasteiger partial charge >= 0.3 is 6.09 Å². The Bertz CT molecular complexity index is 1040. The molecule has 3 aromatic rings. The molecule has 0 aromatic carbocycles. The fourth-order valence-corrected chi connectivity index (χ4v) is 3.71. The number of amides is 1. The van der Waals surface area contributed by atoms with Crippen LogP contribution < -0.4 is 10.6 Å². The average Bonchev–Trinajstić information content (AvgIpc) is 3.39. The molecule has 10 heteroatoms. The van der Waals surface area contributed by atoms with Gasteiger partial charge in [-0.25, -0.2) is 14.8 Å². The zero-order valence-corrected chi connectivity index (χ0v) is 18.7. The summed E-state index contributed by atoms with van der Waals surface area (Å²) in [5.41, 5.74) is 3.27. The minimum absolute atomic E-state index is 0.430. The van der Waals surface area contributed by atoms with Crippen molar-refractivity contribution in [2.45, 2.75) is 45.8 Å². The van der Waals surface area contributed by atoms with Crippen molar-refractivity contribution in [3.05, 3.63) is 46.3 Å². The van der Waals surface area contributed by atoms with Crippen molar-refractivity contribution < 1.29 is 14.3 Å². The molecule has 1 aliphatic rings. The number of rotatable bonds is 6. The number of hydrogen-bond acceptors (Lipinski definition) is 8. The summed E-state index contributed by atoms with van der Waals surface area (Å²) in [7, 11) is 0. The molecule has 0 radical (unpaired) electrons. The zero-order chi connectivity index (χ0) is 21.8. The number of hydrogen-bond donors (Lipinski definition) is 2. The van der Waals surface area contributed by atoms with Crippen molar-refractivity contribution in [2.75, 3.05) is 18.5 Å². The van der Waals surface area contributed by atoms with E-state index in [4.69, 9.17) is 19.4 Å². The molecule has 0 atom stereocenters. The van der Waals surface area contributed by atoms with Gasteiger partial charge in [-0.3, -0.25) is 4.57 Å². The van der Waals surface area contributed by atoms with E-state index >= 15 is 0 Å². The van der Waals surface area contributed by atoms with Gasteiger partial charge in [-0.05, 0) is 32.2 Å². The van der Waals surface area contributed by atoms with Crippen LogP contribution in [0.2, 0.25) is 0 Å². The van der Waals surface area contributed by atoms with E-state index in [0.717, 1.165) is 34.9 Å². The lowest BCUT2D eigenvalue weighted by atomic mass is 10.1. The fraction of sp³-hybridized carbons (Fsp3) is 0.429. The summed E-state index contributed by atoms with van der Waals surface area (Å²) in [6.07, 6.45) is 4.45. The monoisotopic (exact) mass is 442 g/mol. The second-order valence-corrected chi connectivity index (χ2v) is 8.97. The molecule has 4 rings (SSSR count). The predicted molar refractivity (Wildman–Crippen MR) is 118 cm³/mol. The molecule has 0 spiro atoms. The highest BCUT2D eigenvalue weighted by Crippen LogP contribution is 2.27. The summed E-state index contributed by atoms with van der Waals surface area (Å²) in [5.74, 6) is 1.30. The lowest BCUT2D eigenvalue weighted by Gasteiger charge is -2.20. The molecule has 0 bridgehead atoms. The van der Waals surface area contributed by atoms with E-state index in [1.807, 2.05) is 43.8 Å². The Morgan fingerprint density at radius 2 is 2.23 bits per heavy atom. The van der Waals surface area contributed by atoms with Crippen LogP contribution in [0.15, 0.2) is 29.4 Å². The van der Waals surface area contributed by atoms with Gasteiger partial charge < -0.3 is 20.1 Å². The second kappa shape index (κ2) is 9.03. The number of ether oxygens (including phenoxy) is 2. The van der Waals surface area contributed by atoms with Crippen LogP contribution in [-0.2, 0) is 28.9 Å². The van der Waals surface area contributed by atoms with E-state index in [0.29, 0.717) is 32.1 Å². The molecule has 0 saturated heterocycles. The van der Waals surface area contributed by atoms with Gasteiger partial charge in [0.15, 0.2) is 0 Å². The van der Waals surface area contributed by atoms with Crippen molar-refractivity contribution in [1.82, 2.24) is 24.8 Å². The Balaban J connectivity index is 1.47. The van der Waals surface area contributed by atoms with Crippen LogP contribution >= 0.6 is 11.3 Å². The molecule has 9 nitrogen and oxygen atoms in total. The van der Waals surface area contributed by atoms with E-state index in [2.05, 4.69) is 15.6 Å². The van der Waals surface area contributed by atoms with Crippen LogP contribution in [0.25, 0.3) is 5.95 Å². The Hall–Kier alpha value is -2.98. The number of carbonyl (C=O) groups excluding carboxylic acids is 1. The topological polar surface area (TPSA) is 103 Å². The highest BCUT2D eigenvalue weighted by atomic mass is 32.1. The molecule has 164 valence electrons. The van der Waals surface area contributed by atoms with Crippen molar-refractivity contribution in [3.8, 4) is 5.95 Å². The Labute approximate surface area is 184 Å². The number of nitrogens with zero attached hydrogens (tertiary/aromatic N) is 4. The minimum Gasteiger partial charge on any atom is -0.444 e. The van der Waals surface area contributed by atoms with E-state index in [1.165, 1.54) is 0 Å². The maximum atomic E-state index is 11.8. The standard InChI is InChI=1S/C21H26N6O3S/c1-21(2,3)30-20(28)22-7-4-14-10-27(13-23-14)19-25-17-5-8-29-11-16(17)18(26-19)24-15-6-9-31-12-15/h6,9-10,12-13H,4-5,7-8,11H2,1-3H3,(H,22,28)(H,24,25,26). The van der Waals surface area contributed by atoms with Gasteiger partial charge in [0.2, 0.25) is 5.95 Å². The summed E-state index contributed by atoms with van der Waals surface area (Å²) in [6.45, 7) is 7.07. The third-order valence-corrected chi connectivity index (χ3v) is 5.19. The van der Waals surface area contributed by atoms with Gasteiger partial charge in [0.25, 0.3) is 0 Å². The molecule has 4 heterocycles. The summed E-state index contributed by atoms with van der Waals surface area (Å²) in [5, 5.41) is 10.2. The molecule has 0 saturated carbocycles. The first-order valence-electron chi connectivity index (χ1n) is 10.1. The van der Waals surface area contributed by atoms with Gasteiger partial charge in [0, 0.05) is 36.5 Å². The summed E-state index contributed by atoms with van der Waals surface area (Å²) < 4.78 is 12.7. The van der Waals surface area contributed by atoms with Gasteiger partial charge in [0.1, 0.15) is 17.7 Å². The number of nitrogens with one attached hydrogen (secondary N) is 2. The molecular formula is C21H26N6O3S. The predicted octanol–water partition coefficient (Wildman–Crippen LogP) is 3.61. The van der Waals surface area contributed by atoms with E-state index in [9.17, 15) is 4.79 Å². The molecule has 3 aromatic heterocycles. The SMILES string of the molecule is CC(C)(C)OC(=O)NCCc1cn(-c2nc3c(c(Nc4ccsc4)n2)COCC3)cn1. The number of imidazole rings is 1. The van der Waals surface area contributed by atoms with Crippen LogP contribution in [0.4, 0.5) is 16.3 Å². The maximum Gasteiger partial charge on any atom is 0.407 e. The first kappa shape index (κ1) is 21.3. The van der Waals surface area contributed by atoms with Crippen molar-refractivity contribution in [2.24, 2.45) is 0 Å². The number of fused-ring (bicyclic) bond motifs is 1. The second-order valence-electron chi connectivity index (χ2n) is 8.19. The fourth-order valence-electron chi connectivity index (χ4n) is 3.12. The Morgan fingerprint density at radius 1 is 1.35 bits per heavy atom. The van der Waals surface area contributed by atoms with E-state index in [1.54, 1.807) is 22.2 Å². The largest absolute Gasteiger partial charge is 0.444 e. The first-order valence-corrected chi connectivity index (χ1v) is 11.1. The third-order valence-electron chi connectivity index (χ3n) is 4.51. The molecule has 2 N–H and O–H groups in total. The van der Waals surface area contributed by atoms with Gasteiger partial charge in [-0.1, -0.05) is 0 Å². The van der Waals surface area contributed by atoms with Crippen LogP contribution in [0, 0.1) is 0 Å². The highest BCUT2D eigenvalue weighted by Gasteiger charge is 2.20. The maximum absolute atomic E-state index is 11.8. The van der Waals surface area contributed by atoms with E-state index < -0.39 is 11.7 Å². The summed E-state index contributed by atoms with van der Waals surface area (Å²) in [6, 6.07) is 2.01. The summed E-state index contributed by atoms with van der Waals surface area (Å²) in [4.78, 5) is 25.7. The van der Waals surface area contributed by atoms with Gasteiger partial charge in [0.05, 0.1) is 30.3 Å². The Morgan fingerprint density at radius 3 is 3.00 bits per heavy atom. The molecule has 1 amide bonds. The van der Waals surface area contributed by atoms with Crippen molar-refractivity contribution in [1.29, 1.82) is 0 Å². The molecular weight excluding hydrogens is 416 g/mol. The van der Waals surface area contributed by atoms with Crippen molar-refractivity contribution in [3.63, 3.8) is 0 Å². The van der Waals surface area contributed by atoms with Gasteiger partial charge in [-0.15, -0.1) is 0 Å². The molecule has 0 fully saturated rings. The normalized spacial score (nSPS) is 13.5. The zero-order valence-electron chi connectivity index (χ0n) is 17.8.